The van der Waals surface area contributed by atoms with Gasteiger partial charge in [0.2, 0.25) is 0 Å². The Balaban J connectivity index is 1.65. The zero-order chi connectivity index (χ0) is 15.6. The molecule has 0 spiro atoms. The summed E-state index contributed by atoms with van der Waals surface area (Å²) in [6.07, 6.45) is 7.95. The second-order valence-electron chi connectivity index (χ2n) is 8.29. The van der Waals surface area contributed by atoms with Gasteiger partial charge in [0.05, 0.1) is 5.69 Å². The number of hydrogen-bond donors (Lipinski definition) is 1. The number of rotatable bonds is 2. The van der Waals surface area contributed by atoms with Crippen molar-refractivity contribution >= 4 is 0 Å². The smallest absolute Gasteiger partial charge is 0.275 e. The van der Waals surface area contributed by atoms with Gasteiger partial charge < -0.3 is 0 Å². The first-order valence-electron chi connectivity index (χ1n) is 9.02. The highest BCUT2D eigenvalue weighted by Gasteiger charge is 2.53. The van der Waals surface area contributed by atoms with Crippen molar-refractivity contribution in [1.29, 1.82) is 0 Å². The molecule has 0 saturated heterocycles. The van der Waals surface area contributed by atoms with Gasteiger partial charge in [-0.15, -0.1) is 0 Å². The van der Waals surface area contributed by atoms with Crippen LogP contribution in [0.1, 0.15) is 49.8 Å². The zero-order valence-corrected chi connectivity index (χ0v) is 13.7. The first-order chi connectivity index (χ1) is 11.1. The van der Waals surface area contributed by atoms with E-state index in [2.05, 4.69) is 12.0 Å². The van der Waals surface area contributed by atoms with E-state index in [1.165, 1.54) is 38.5 Å². The maximum Gasteiger partial charge on any atom is 0.275 e. The van der Waals surface area contributed by atoms with Gasteiger partial charge in [-0.3, -0.25) is 9.89 Å². The monoisotopic (exact) mass is 308 g/mol. The molecule has 0 atom stereocenters. The van der Waals surface area contributed by atoms with Crippen molar-refractivity contribution < 1.29 is 0 Å². The van der Waals surface area contributed by atoms with E-state index >= 15 is 0 Å². The van der Waals surface area contributed by atoms with E-state index in [9.17, 15) is 4.79 Å². The maximum absolute atomic E-state index is 13.2. The maximum atomic E-state index is 13.2. The molecule has 4 fully saturated rings. The van der Waals surface area contributed by atoms with Crippen LogP contribution in [0.25, 0.3) is 5.69 Å². The molecule has 1 aromatic heterocycles. The molecule has 0 amide bonds. The molecule has 0 radical (unpaired) electrons. The fourth-order valence-electron chi connectivity index (χ4n) is 6.35. The van der Waals surface area contributed by atoms with E-state index in [4.69, 9.17) is 0 Å². The largest absolute Gasteiger partial charge is 0.295 e. The van der Waals surface area contributed by atoms with Crippen molar-refractivity contribution in [2.75, 3.05) is 0 Å². The van der Waals surface area contributed by atoms with Crippen molar-refractivity contribution in [2.24, 2.45) is 17.8 Å². The molecular weight excluding hydrogens is 284 g/mol. The highest BCUT2D eigenvalue weighted by molar-refractivity contribution is 5.37. The summed E-state index contributed by atoms with van der Waals surface area (Å²) < 4.78 is 1.75. The molecule has 3 nitrogen and oxygen atoms in total. The summed E-state index contributed by atoms with van der Waals surface area (Å²) in [5.41, 5.74) is 3.47. The van der Waals surface area contributed by atoms with E-state index in [0.29, 0.717) is 0 Å². The topological polar surface area (TPSA) is 37.8 Å². The molecule has 0 aliphatic heterocycles. The van der Waals surface area contributed by atoms with Crippen LogP contribution in [-0.2, 0) is 5.41 Å². The Bertz CT molecular complexity index is 764. The van der Waals surface area contributed by atoms with E-state index in [1.54, 1.807) is 4.68 Å². The minimum absolute atomic E-state index is 0.159. The summed E-state index contributed by atoms with van der Waals surface area (Å²) in [5, 5.41) is 3.36. The molecule has 120 valence electrons. The first kappa shape index (κ1) is 13.6. The lowest BCUT2D eigenvalue weighted by molar-refractivity contribution is -0.00594. The molecule has 4 aliphatic rings. The van der Waals surface area contributed by atoms with Crippen LogP contribution in [-0.4, -0.2) is 9.78 Å². The lowest BCUT2D eigenvalue weighted by Gasteiger charge is -2.56. The Morgan fingerprint density at radius 3 is 2.13 bits per heavy atom. The Labute approximate surface area is 136 Å². The summed E-state index contributed by atoms with van der Waals surface area (Å²) in [7, 11) is 0. The van der Waals surface area contributed by atoms with Gasteiger partial charge >= 0.3 is 0 Å². The minimum Gasteiger partial charge on any atom is -0.295 e. The van der Waals surface area contributed by atoms with Crippen LogP contribution in [0, 0.1) is 24.7 Å². The van der Waals surface area contributed by atoms with Crippen molar-refractivity contribution in [3.05, 3.63) is 51.9 Å². The number of aromatic nitrogens is 2. The third-order valence-electron chi connectivity index (χ3n) is 6.65. The molecule has 4 aliphatic carbocycles. The third kappa shape index (κ3) is 1.92. The molecule has 4 saturated carbocycles. The minimum atomic E-state index is 0.159. The van der Waals surface area contributed by atoms with Gasteiger partial charge in [-0.2, -0.15) is 0 Å². The van der Waals surface area contributed by atoms with E-state index in [1.807, 2.05) is 30.3 Å². The molecule has 4 bridgehead atoms. The van der Waals surface area contributed by atoms with Crippen LogP contribution in [0.2, 0.25) is 0 Å². The van der Waals surface area contributed by atoms with E-state index in [0.717, 1.165) is 34.7 Å². The molecule has 0 unspecified atom stereocenters. The third-order valence-corrected chi connectivity index (χ3v) is 6.65. The highest BCUT2D eigenvalue weighted by Crippen LogP contribution is 2.60. The Kier molecular flexibility index (Phi) is 2.74. The van der Waals surface area contributed by atoms with Crippen LogP contribution in [0.3, 0.4) is 0 Å². The normalized spacial score (nSPS) is 34.9. The fraction of sp³-hybridized carbons (Fsp3) is 0.550. The van der Waals surface area contributed by atoms with Gasteiger partial charge in [0.1, 0.15) is 0 Å². The SMILES string of the molecule is Cc1[nH]n(-c2ccccc2)c(=O)c1C12CC3CC(CC(C3)C1)C2. The predicted molar refractivity (Wildman–Crippen MR) is 91.0 cm³/mol. The number of nitrogens with zero attached hydrogens (tertiary/aromatic N) is 1. The molecule has 6 rings (SSSR count). The lowest BCUT2D eigenvalue weighted by Crippen LogP contribution is -2.50. The molecule has 23 heavy (non-hydrogen) atoms. The molecule has 1 heterocycles. The molecule has 1 N–H and O–H groups in total. The molecule has 1 aromatic carbocycles. The van der Waals surface area contributed by atoms with Crippen molar-refractivity contribution in [3.8, 4) is 5.69 Å². The number of para-hydroxylation sites is 1. The average Bonchev–Trinajstić information content (AvgIpc) is 2.82. The zero-order valence-electron chi connectivity index (χ0n) is 13.7. The van der Waals surface area contributed by atoms with Gasteiger partial charge in [-0.25, -0.2) is 4.68 Å². The van der Waals surface area contributed by atoms with Crippen LogP contribution in [0.4, 0.5) is 0 Å². The van der Waals surface area contributed by atoms with E-state index in [-0.39, 0.29) is 11.0 Å². The van der Waals surface area contributed by atoms with E-state index < -0.39 is 0 Å². The van der Waals surface area contributed by atoms with Gasteiger partial charge in [0.15, 0.2) is 0 Å². The summed E-state index contributed by atoms with van der Waals surface area (Å²) in [6.45, 7) is 2.09. The number of aryl methyl sites for hydroxylation is 1. The summed E-state index contributed by atoms with van der Waals surface area (Å²) >= 11 is 0. The van der Waals surface area contributed by atoms with Gasteiger partial charge in [-0.1, -0.05) is 18.2 Å². The van der Waals surface area contributed by atoms with Crippen molar-refractivity contribution in [3.63, 3.8) is 0 Å². The summed E-state index contributed by atoms with van der Waals surface area (Å²) in [6, 6.07) is 9.97. The van der Waals surface area contributed by atoms with Crippen LogP contribution >= 0.6 is 0 Å². The second kappa shape index (κ2) is 4.62. The van der Waals surface area contributed by atoms with Crippen molar-refractivity contribution in [2.45, 2.75) is 50.9 Å². The van der Waals surface area contributed by atoms with Crippen LogP contribution in [0.5, 0.6) is 0 Å². The standard InChI is InChI=1S/C20H24N2O/c1-13-18(19(23)22(21-13)17-5-3-2-4-6-17)20-10-14-7-15(11-20)9-16(8-14)12-20/h2-6,14-16,21H,7-12H2,1H3. The molecule has 3 heteroatoms. The van der Waals surface area contributed by atoms with Crippen LogP contribution < -0.4 is 5.56 Å². The highest BCUT2D eigenvalue weighted by atomic mass is 16.1. The quantitative estimate of drug-likeness (QED) is 0.896. The predicted octanol–water partition coefficient (Wildman–Crippen LogP) is 3.94. The van der Waals surface area contributed by atoms with Crippen LogP contribution in [0.15, 0.2) is 35.1 Å². The number of benzene rings is 1. The summed E-state index contributed by atoms with van der Waals surface area (Å²) in [5.74, 6) is 2.58. The Hall–Kier alpha value is -1.77. The lowest BCUT2D eigenvalue weighted by atomic mass is 9.48. The molecular formula is C20H24N2O. The molecule has 2 aromatic rings. The van der Waals surface area contributed by atoms with Gasteiger partial charge in [0.25, 0.3) is 5.56 Å². The van der Waals surface area contributed by atoms with Gasteiger partial charge in [0, 0.05) is 16.7 Å². The first-order valence-corrected chi connectivity index (χ1v) is 9.02. The number of hydrogen-bond acceptors (Lipinski definition) is 1. The Morgan fingerprint density at radius 1 is 1.00 bits per heavy atom. The number of H-pyrrole nitrogens is 1. The average molecular weight is 308 g/mol. The Morgan fingerprint density at radius 2 is 1.57 bits per heavy atom. The second-order valence-corrected chi connectivity index (χ2v) is 8.29. The van der Waals surface area contributed by atoms with Gasteiger partial charge in [-0.05, 0) is 75.3 Å². The number of aromatic amines is 1. The van der Waals surface area contributed by atoms with Crippen molar-refractivity contribution in [1.82, 2.24) is 9.78 Å². The number of nitrogens with one attached hydrogen (secondary N) is 1. The summed E-state index contributed by atoms with van der Waals surface area (Å²) in [4.78, 5) is 13.2. The fourth-order valence-corrected chi connectivity index (χ4v) is 6.35.